The smallest absolute Gasteiger partial charge is 0.344 e. The van der Waals surface area contributed by atoms with Crippen molar-refractivity contribution in [2.24, 2.45) is 11.7 Å². The minimum absolute atomic E-state index is 0.329. The van der Waals surface area contributed by atoms with Crippen molar-refractivity contribution in [2.75, 3.05) is 6.61 Å². The van der Waals surface area contributed by atoms with Crippen molar-refractivity contribution in [1.29, 1.82) is 0 Å². The minimum Gasteiger partial charge on any atom is -0.481 e. The lowest BCUT2D eigenvalue weighted by atomic mass is 10.1. The number of carbonyl (C=O) groups is 3. The summed E-state index contributed by atoms with van der Waals surface area (Å²) in [6.45, 7) is 4.91. The number of esters is 1. The summed E-state index contributed by atoms with van der Waals surface area (Å²) in [4.78, 5) is 34.3. The molecule has 0 radical (unpaired) electrons. The molecule has 0 aliphatic rings. The third-order valence-electron chi connectivity index (χ3n) is 2.80. The fraction of sp³-hybridized carbons (Fsp3) is 0.400. The number of hydrogen-bond acceptors (Lipinski definition) is 5. The topological polar surface area (TPSA) is 108 Å². The number of primary amides is 1. The van der Waals surface area contributed by atoms with Gasteiger partial charge in [0.05, 0.1) is 4.47 Å². The van der Waals surface area contributed by atoms with Gasteiger partial charge in [-0.1, -0.05) is 19.9 Å². The second kappa shape index (κ2) is 8.52. The van der Waals surface area contributed by atoms with Crippen LogP contribution in [0.5, 0.6) is 5.75 Å². The van der Waals surface area contributed by atoms with Gasteiger partial charge in [0.1, 0.15) is 5.75 Å². The normalized spacial score (nSPS) is 11.7. The van der Waals surface area contributed by atoms with Crippen molar-refractivity contribution in [2.45, 2.75) is 26.9 Å². The van der Waals surface area contributed by atoms with Crippen LogP contribution in [0.3, 0.4) is 0 Å². The zero-order valence-electron chi connectivity index (χ0n) is 13.1. The predicted octanol–water partition coefficient (Wildman–Crippen LogP) is 1.90. The summed E-state index contributed by atoms with van der Waals surface area (Å²) in [7, 11) is 0. The molecule has 126 valence electrons. The van der Waals surface area contributed by atoms with Gasteiger partial charge in [0, 0.05) is 0 Å². The molecule has 7 nitrogen and oxygen atoms in total. The number of aryl methyl sites for hydroxylation is 1. The van der Waals surface area contributed by atoms with Gasteiger partial charge in [-0.15, -0.1) is 0 Å². The summed E-state index contributed by atoms with van der Waals surface area (Å²) in [6, 6.07) is 4.39. The third-order valence-corrected chi connectivity index (χ3v) is 3.42. The molecule has 0 heterocycles. The number of halogens is 1. The van der Waals surface area contributed by atoms with Crippen LogP contribution in [0.15, 0.2) is 22.7 Å². The summed E-state index contributed by atoms with van der Waals surface area (Å²) in [5.74, 6) is -1.34. The molecule has 23 heavy (non-hydrogen) atoms. The lowest BCUT2D eigenvalue weighted by Gasteiger charge is -2.20. The average Bonchev–Trinajstić information content (AvgIpc) is 2.42. The van der Waals surface area contributed by atoms with Gasteiger partial charge in [-0.3, -0.25) is 10.1 Å². The number of nitrogens with two attached hydrogens (primary N) is 1. The maximum atomic E-state index is 11.8. The summed E-state index contributed by atoms with van der Waals surface area (Å²) >= 11 is 3.33. The van der Waals surface area contributed by atoms with Crippen LogP contribution in [0.25, 0.3) is 0 Å². The summed E-state index contributed by atoms with van der Waals surface area (Å²) < 4.78 is 11.1. The van der Waals surface area contributed by atoms with E-state index in [-0.39, 0.29) is 12.5 Å². The first kappa shape index (κ1) is 19.0. The highest BCUT2D eigenvalue weighted by atomic mass is 79.9. The summed E-state index contributed by atoms with van der Waals surface area (Å²) in [5, 5.41) is 1.89. The van der Waals surface area contributed by atoms with Gasteiger partial charge in [-0.2, -0.15) is 0 Å². The molecular weight excluding hydrogens is 368 g/mol. The second-order valence-corrected chi connectivity index (χ2v) is 6.08. The van der Waals surface area contributed by atoms with E-state index in [1.54, 1.807) is 19.9 Å². The van der Waals surface area contributed by atoms with Gasteiger partial charge in [0.2, 0.25) is 0 Å². The van der Waals surface area contributed by atoms with E-state index in [1.807, 2.05) is 24.4 Å². The molecule has 0 bridgehead atoms. The van der Waals surface area contributed by atoms with Gasteiger partial charge in [-0.05, 0) is 46.5 Å². The Hall–Kier alpha value is -2.09. The van der Waals surface area contributed by atoms with Crippen LogP contribution >= 0.6 is 15.9 Å². The lowest BCUT2D eigenvalue weighted by Crippen LogP contribution is -2.46. The van der Waals surface area contributed by atoms with Gasteiger partial charge < -0.3 is 15.2 Å². The molecule has 1 aromatic rings. The highest BCUT2D eigenvalue weighted by Crippen LogP contribution is 2.25. The van der Waals surface area contributed by atoms with E-state index in [9.17, 15) is 14.4 Å². The Bertz CT molecular complexity index is 604. The van der Waals surface area contributed by atoms with Gasteiger partial charge >= 0.3 is 12.0 Å². The molecule has 3 amide bonds. The van der Waals surface area contributed by atoms with E-state index in [0.717, 1.165) is 5.56 Å². The molecular formula is C15H19BrN2O5. The molecule has 1 rings (SSSR count). The standard InChI is InChI=1S/C15H19BrN2O5/c1-8(2)13(14(20)18-15(17)21)23-12(19)7-22-11-5-4-9(3)6-10(11)16/h4-6,8,13H,7H2,1-3H3,(H3,17,18,20,21)/t13-/m0/s1. The Morgan fingerprint density at radius 2 is 1.96 bits per heavy atom. The second-order valence-electron chi connectivity index (χ2n) is 5.23. The molecule has 0 spiro atoms. The van der Waals surface area contributed by atoms with Crippen LogP contribution in [0.2, 0.25) is 0 Å². The van der Waals surface area contributed by atoms with E-state index < -0.39 is 24.0 Å². The van der Waals surface area contributed by atoms with E-state index in [1.165, 1.54) is 0 Å². The molecule has 0 saturated carbocycles. The highest BCUT2D eigenvalue weighted by molar-refractivity contribution is 9.10. The Morgan fingerprint density at radius 1 is 1.30 bits per heavy atom. The van der Waals surface area contributed by atoms with E-state index >= 15 is 0 Å². The Labute approximate surface area is 142 Å². The van der Waals surface area contributed by atoms with Crippen LogP contribution in [0.1, 0.15) is 19.4 Å². The highest BCUT2D eigenvalue weighted by Gasteiger charge is 2.27. The van der Waals surface area contributed by atoms with Gasteiger partial charge in [-0.25, -0.2) is 9.59 Å². The molecule has 0 unspecified atom stereocenters. The minimum atomic E-state index is -1.12. The Morgan fingerprint density at radius 3 is 2.48 bits per heavy atom. The number of hydrogen-bond donors (Lipinski definition) is 2. The number of rotatable bonds is 6. The maximum Gasteiger partial charge on any atom is 0.344 e. The Kier molecular flexibility index (Phi) is 7.02. The quantitative estimate of drug-likeness (QED) is 0.725. The van der Waals surface area contributed by atoms with Crippen molar-refractivity contribution in [3.63, 3.8) is 0 Å². The predicted molar refractivity (Wildman–Crippen MR) is 86.8 cm³/mol. The molecule has 0 aromatic heterocycles. The molecule has 0 aliphatic carbocycles. The summed E-state index contributed by atoms with van der Waals surface area (Å²) in [5.41, 5.74) is 5.92. The van der Waals surface area contributed by atoms with Crippen LogP contribution in [-0.2, 0) is 14.3 Å². The fourth-order valence-electron chi connectivity index (χ4n) is 1.72. The third kappa shape index (κ3) is 6.27. The fourth-order valence-corrected chi connectivity index (χ4v) is 2.33. The number of ether oxygens (including phenoxy) is 2. The van der Waals surface area contributed by atoms with Crippen molar-refractivity contribution in [3.05, 3.63) is 28.2 Å². The monoisotopic (exact) mass is 386 g/mol. The molecule has 0 saturated heterocycles. The molecule has 8 heteroatoms. The largest absolute Gasteiger partial charge is 0.481 e. The van der Waals surface area contributed by atoms with E-state index in [4.69, 9.17) is 15.2 Å². The first-order chi connectivity index (χ1) is 10.7. The average molecular weight is 387 g/mol. The van der Waals surface area contributed by atoms with E-state index in [0.29, 0.717) is 10.2 Å². The summed E-state index contributed by atoms with van der Waals surface area (Å²) in [6.07, 6.45) is -1.12. The number of urea groups is 1. The van der Waals surface area contributed by atoms with Crippen LogP contribution in [0, 0.1) is 12.8 Å². The van der Waals surface area contributed by atoms with Crippen LogP contribution < -0.4 is 15.8 Å². The molecule has 0 fully saturated rings. The van der Waals surface area contributed by atoms with Crippen LogP contribution in [0.4, 0.5) is 4.79 Å². The van der Waals surface area contributed by atoms with Crippen molar-refractivity contribution in [1.82, 2.24) is 5.32 Å². The number of nitrogens with one attached hydrogen (secondary N) is 1. The lowest BCUT2D eigenvalue weighted by molar-refractivity contribution is -0.160. The van der Waals surface area contributed by atoms with Crippen molar-refractivity contribution < 1.29 is 23.9 Å². The zero-order chi connectivity index (χ0) is 17.6. The molecule has 1 atom stereocenters. The van der Waals surface area contributed by atoms with Gasteiger partial charge in [0.15, 0.2) is 12.7 Å². The Balaban J connectivity index is 2.62. The first-order valence-electron chi connectivity index (χ1n) is 6.89. The molecule has 0 aliphatic heterocycles. The van der Waals surface area contributed by atoms with Crippen molar-refractivity contribution in [3.8, 4) is 5.75 Å². The van der Waals surface area contributed by atoms with Crippen LogP contribution in [-0.4, -0.2) is 30.6 Å². The van der Waals surface area contributed by atoms with Gasteiger partial charge in [0.25, 0.3) is 5.91 Å². The number of imide groups is 1. The number of amides is 3. The maximum absolute atomic E-state index is 11.8. The first-order valence-corrected chi connectivity index (χ1v) is 7.68. The SMILES string of the molecule is Cc1ccc(OCC(=O)O[C@H](C(=O)NC(N)=O)C(C)C)c(Br)c1. The van der Waals surface area contributed by atoms with E-state index in [2.05, 4.69) is 15.9 Å². The number of carbonyl (C=O) groups excluding carboxylic acids is 3. The zero-order valence-corrected chi connectivity index (χ0v) is 14.7. The molecule has 1 aromatic carbocycles. The number of benzene rings is 1. The molecule has 3 N–H and O–H groups in total. The van der Waals surface area contributed by atoms with Crippen molar-refractivity contribution >= 4 is 33.8 Å².